The molecule has 20 heavy (non-hydrogen) atoms. The van der Waals surface area contributed by atoms with Crippen molar-refractivity contribution in [1.82, 2.24) is 9.78 Å². The number of aromatic nitrogens is 2. The van der Waals surface area contributed by atoms with E-state index in [2.05, 4.69) is 5.10 Å². The zero-order valence-electron chi connectivity index (χ0n) is 11.4. The molecule has 2 aromatic rings. The molecule has 0 aliphatic heterocycles. The lowest BCUT2D eigenvalue weighted by Crippen LogP contribution is -2.10. The van der Waals surface area contributed by atoms with Crippen LogP contribution in [0, 0.1) is 11.6 Å². The molecular formula is C15H16F2N2O. The number of carbonyl (C=O) groups is 1. The van der Waals surface area contributed by atoms with Gasteiger partial charge in [-0.2, -0.15) is 5.10 Å². The number of ketones is 1. The van der Waals surface area contributed by atoms with Crippen molar-refractivity contribution in [2.45, 2.75) is 32.7 Å². The third-order valence-corrected chi connectivity index (χ3v) is 2.99. The van der Waals surface area contributed by atoms with Crippen molar-refractivity contribution >= 4 is 5.78 Å². The normalized spacial score (nSPS) is 11.1. The lowest BCUT2D eigenvalue weighted by atomic mass is 10.1. The molecule has 0 atom stereocenters. The van der Waals surface area contributed by atoms with Crippen LogP contribution in [0.15, 0.2) is 30.5 Å². The second-order valence-electron chi connectivity index (χ2n) is 4.99. The standard InChI is InChI=1S/C15H16F2N2O/c1-10(2)19-7-6-12(18-19)9-13(20)8-11-4-3-5-14(16)15(11)17/h3-7,10H,8-9H2,1-2H3. The number of carbonyl (C=O) groups excluding carboxylic acids is 1. The second kappa shape index (κ2) is 5.94. The van der Waals surface area contributed by atoms with Gasteiger partial charge in [0, 0.05) is 18.7 Å². The van der Waals surface area contributed by atoms with Crippen LogP contribution in [-0.2, 0) is 17.6 Å². The van der Waals surface area contributed by atoms with E-state index in [1.165, 1.54) is 12.1 Å². The molecule has 5 heteroatoms. The Morgan fingerprint density at radius 2 is 2.00 bits per heavy atom. The maximum atomic E-state index is 13.5. The number of nitrogens with zero attached hydrogens (tertiary/aromatic N) is 2. The fraction of sp³-hybridized carbons (Fsp3) is 0.333. The minimum atomic E-state index is -0.950. The molecule has 0 bridgehead atoms. The molecule has 106 valence electrons. The molecule has 1 heterocycles. The molecule has 1 aromatic heterocycles. The smallest absolute Gasteiger partial charge is 0.162 e. The van der Waals surface area contributed by atoms with Gasteiger partial charge in [-0.1, -0.05) is 12.1 Å². The van der Waals surface area contributed by atoms with Gasteiger partial charge in [-0.3, -0.25) is 9.48 Å². The molecule has 0 amide bonds. The van der Waals surface area contributed by atoms with Crippen LogP contribution in [0.3, 0.4) is 0 Å². The highest BCUT2D eigenvalue weighted by molar-refractivity contribution is 5.82. The minimum Gasteiger partial charge on any atom is -0.299 e. The SMILES string of the molecule is CC(C)n1ccc(CC(=O)Cc2cccc(F)c2F)n1. The Bertz CT molecular complexity index is 620. The van der Waals surface area contributed by atoms with Crippen LogP contribution in [0.4, 0.5) is 8.78 Å². The Morgan fingerprint density at radius 1 is 1.25 bits per heavy atom. The van der Waals surface area contributed by atoms with Crippen molar-refractivity contribution in [3.05, 3.63) is 53.4 Å². The first kappa shape index (κ1) is 14.4. The third kappa shape index (κ3) is 3.29. The van der Waals surface area contributed by atoms with E-state index in [1.54, 1.807) is 16.9 Å². The fourth-order valence-electron chi connectivity index (χ4n) is 1.92. The van der Waals surface area contributed by atoms with Crippen molar-refractivity contribution < 1.29 is 13.6 Å². The Kier molecular flexibility index (Phi) is 4.27. The number of rotatable bonds is 5. The van der Waals surface area contributed by atoms with E-state index >= 15 is 0 Å². The zero-order valence-corrected chi connectivity index (χ0v) is 11.4. The monoisotopic (exact) mass is 278 g/mol. The first-order valence-electron chi connectivity index (χ1n) is 6.46. The summed E-state index contributed by atoms with van der Waals surface area (Å²) in [5, 5.41) is 4.26. The minimum absolute atomic E-state index is 0.0818. The summed E-state index contributed by atoms with van der Waals surface area (Å²) in [6.45, 7) is 3.97. The molecule has 0 saturated heterocycles. The highest BCUT2D eigenvalue weighted by Gasteiger charge is 2.13. The van der Waals surface area contributed by atoms with E-state index < -0.39 is 11.6 Å². The Morgan fingerprint density at radius 3 is 2.65 bits per heavy atom. The largest absolute Gasteiger partial charge is 0.299 e. The molecule has 0 unspecified atom stereocenters. The molecule has 0 radical (unpaired) electrons. The van der Waals surface area contributed by atoms with Crippen LogP contribution >= 0.6 is 0 Å². The molecule has 1 aromatic carbocycles. The number of hydrogen-bond donors (Lipinski definition) is 0. The van der Waals surface area contributed by atoms with Gasteiger partial charge in [0.2, 0.25) is 0 Å². The predicted octanol–water partition coefficient (Wildman–Crippen LogP) is 3.10. The van der Waals surface area contributed by atoms with Gasteiger partial charge < -0.3 is 0 Å². The first-order valence-corrected chi connectivity index (χ1v) is 6.46. The number of hydrogen-bond acceptors (Lipinski definition) is 2. The van der Waals surface area contributed by atoms with Gasteiger partial charge in [-0.05, 0) is 31.5 Å². The number of Topliss-reactive ketones (excluding diaryl/α,β-unsaturated/α-hetero) is 1. The van der Waals surface area contributed by atoms with E-state index in [9.17, 15) is 13.6 Å². The molecule has 0 N–H and O–H groups in total. The van der Waals surface area contributed by atoms with Crippen LogP contribution in [0.25, 0.3) is 0 Å². The van der Waals surface area contributed by atoms with Gasteiger partial charge in [0.1, 0.15) is 5.78 Å². The number of benzene rings is 1. The first-order chi connectivity index (χ1) is 9.47. The van der Waals surface area contributed by atoms with Gasteiger partial charge >= 0.3 is 0 Å². The summed E-state index contributed by atoms with van der Waals surface area (Å²) in [5.74, 6) is -2.07. The van der Waals surface area contributed by atoms with Gasteiger partial charge in [0.15, 0.2) is 11.6 Å². The average molecular weight is 278 g/mol. The lowest BCUT2D eigenvalue weighted by Gasteiger charge is -2.04. The molecule has 0 aliphatic carbocycles. The fourth-order valence-corrected chi connectivity index (χ4v) is 1.92. The summed E-state index contributed by atoms with van der Waals surface area (Å²) in [6, 6.07) is 5.84. The molecule has 2 rings (SSSR count). The van der Waals surface area contributed by atoms with Gasteiger partial charge in [-0.15, -0.1) is 0 Å². The van der Waals surface area contributed by atoms with Crippen LogP contribution in [-0.4, -0.2) is 15.6 Å². The maximum Gasteiger partial charge on any atom is 0.162 e. The molecular weight excluding hydrogens is 262 g/mol. The Hall–Kier alpha value is -2.04. The summed E-state index contributed by atoms with van der Waals surface area (Å²) in [4.78, 5) is 11.9. The molecule has 0 saturated carbocycles. The van der Waals surface area contributed by atoms with Crippen molar-refractivity contribution in [2.75, 3.05) is 0 Å². The van der Waals surface area contributed by atoms with Gasteiger partial charge in [0.25, 0.3) is 0 Å². The summed E-state index contributed by atoms with van der Waals surface area (Å²) in [7, 11) is 0. The van der Waals surface area contributed by atoms with Crippen molar-refractivity contribution in [3.8, 4) is 0 Å². The van der Waals surface area contributed by atoms with Gasteiger partial charge in [0.05, 0.1) is 12.1 Å². The quantitative estimate of drug-likeness (QED) is 0.842. The highest BCUT2D eigenvalue weighted by Crippen LogP contribution is 2.13. The average Bonchev–Trinajstić information content (AvgIpc) is 2.83. The zero-order chi connectivity index (χ0) is 14.7. The van der Waals surface area contributed by atoms with E-state index in [4.69, 9.17) is 0 Å². The maximum absolute atomic E-state index is 13.5. The number of halogens is 2. The predicted molar refractivity (Wildman–Crippen MR) is 71.4 cm³/mol. The van der Waals surface area contributed by atoms with E-state index in [0.717, 1.165) is 6.07 Å². The summed E-state index contributed by atoms with van der Waals surface area (Å²) < 4.78 is 28.3. The highest BCUT2D eigenvalue weighted by atomic mass is 19.2. The molecule has 3 nitrogen and oxygen atoms in total. The van der Waals surface area contributed by atoms with Crippen LogP contribution in [0.1, 0.15) is 31.1 Å². The van der Waals surface area contributed by atoms with E-state index in [-0.39, 0.29) is 30.2 Å². The van der Waals surface area contributed by atoms with Crippen molar-refractivity contribution in [2.24, 2.45) is 0 Å². The van der Waals surface area contributed by atoms with Crippen molar-refractivity contribution in [3.63, 3.8) is 0 Å². The summed E-state index contributed by atoms with van der Waals surface area (Å²) >= 11 is 0. The lowest BCUT2D eigenvalue weighted by molar-refractivity contribution is -0.117. The van der Waals surface area contributed by atoms with Crippen LogP contribution < -0.4 is 0 Å². The summed E-state index contributed by atoms with van der Waals surface area (Å²) in [5.41, 5.74) is 0.721. The molecule has 0 fully saturated rings. The van der Waals surface area contributed by atoms with Gasteiger partial charge in [-0.25, -0.2) is 8.78 Å². The Labute approximate surface area is 116 Å². The van der Waals surface area contributed by atoms with E-state index in [0.29, 0.717) is 5.69 Å². The molecule has 0 aliphatic rings. The second-order valence-corrected chi connectivity index (χ2v) is 4.99. The van der Waals surface area contributed by atoms with Crippen molar-refractivity contribution in [1.29, 1.82) is 0 Å². The van der Waals surface area contributed by atoms with Crippen LogP contribution in [0.2, 0.25) is 0 Å². The topological polar surface area (TPSA) is 34.9 Å². The van der Waals surface area contributed by atoms with E-state index in [1.807, 2.05) is 13.8 Å². The Balaban J connectivity index is 2.03. The molecule has 0 spiro atoms. The van der Waals surface area contributed by atoms with Crippen LogP contribution in [0.5, 0.6) is 0 Å². The summed E-state index contributed by atoms with van der Waals surface area (Å²) in [6.07, 6.45) is 1.80. The third-order valence-electron chi connectivity index (χ3n) is 2.99.